The Kier molecular flexibility index (Phi) is 2.89. The third-order valence-corrected chi connectivity index (χ3v) is 2.85. The number of ether oxygens (including phenoxy) is 1. The van der Waals surface area contributed by atoms with Crippen LogP contribution in [0.5, 0.6) is 5.75 Å². The van der Waals surface area contributed by atoms with Gasteiger partial charge in [-0.3, -0.25) is 4.98 Å². The average Bonchev–Trinajstić information content (AvgIpc) is 3.00. The van der Waals surface area contributed by atoms with Crippen molar-refractivity contribution in [3.05, 3.63) is 23.5 Å². The lowest BCUT2D eigenvalue weighted by atomic mass is 9.85. The van der Waals surface area contributed by atoms with Crippen LogP contribution in [0.25, 0.3) is 0 Å². The lowest BCUT2D eigenvalue weighted by Crippen LogP contribution is -2.18. The first-order valence-corrected chi connectivity index (χ1v) is 5.86. The zero-order chi connectivity index (χ0) is 11.8. The van der Waals surface area contributed by atoms with E-state index in [2.05, 4.69) is 25.8 Å². The van der Waals surface area contributed by atoms with Crippen molar-refractivity contribution in [2.75, 3.05) is 0 Å². The molecule has 1 aliphatic carbocycles. The molecule has 0 aromatic carbocycles. The van der Waals surface area contributed by atoms with Gasteiger partial charge in [0.25, 0.3) is 0 Å². The van der Waals surface area contributed by atoms with E-state index in [-0.39, 0.29) is 5.41 Å². The SMILES string of the molecule is CC(C)(C)c1cncc(OC2CC2)c1CN. The highest BCUT2D eigenvalue weighted by atomic mass is 16.5. The van der Waals surface area contributed by atoms with Crippen LogP contribution in [0.15, 0.2) is 12.4 Å². The molecular formula is C13H20N2O. The van der Waals surface area contributed by atoms with Gasteiger partial charge in [0.2, 0.25) is 0 Å². The van der Waals surface area contributed by atoms with Crippen molar-refractivity contribution >= 4 is 0 Å². The van der Waals surface area contributed by atoms with Gasteiger partial charge in [0.1, 0.15) is 5.75 Å². The van der Waals surface area contributed by atoms with E-state index >= 15 is 0 Å². The van der Waals surface area contributed by atoms with Crippen molar-refractivity contribution in [1.29, 1.82) is 0 Å². The average molecular weight is 220 g/mol. The van der Waals surface area contributed by atoms with Gasteiger partial charge in [-0.05, 0) is 23.8 Å². The molecule has 2 N–H and O–H groups in total. The lowest BCUT2D eigenvalue weighted by Gasteiger charge is -2.23. The molecule has 1 aromatic heterocycles. The second-order valence-corrected chi connectivity index (χ2v) is 5.44. The van der Waals surface area contributed by atoms with Gasteiger partial charge in [0.05, 0.1) is 12.3 Å². The van der Waals surface area contributed by atoms with Gasteiger partial charge < -0.3 is 10.5 Å². The Hall–Kier alpha value is -1.09. The van der Waals surface area contributed by atoms with Gasteiger partial charge in [-0.2, -0.15) is 0 Å². The van der Waals surface area contributed by atoms with Gasteiger partial charge in [0, 0.05) is 18.3 Å². The first-order valence-electron chi connectivity index (χ1n) is 5.86. The first kappa shape index (κ1) is 11.4. The monoisotopic (exact) mass is 220 g/mol. The minimum atomic E-state index is 0.0601. The molecule has 0 atom stereocenters. The van der Waals surface area contributed by atoms with Crippen LogP contribution in [-0.4, -0.2) is 11.1 Å². The fraction of sp³-hybridized carbons (Fsp3) is 0.615. The van der Waals surface area contributed by atoms with Crippen LogP contribution >= 0.6 is 0 Å². The lowest BCUT2D eigenvalue weighted by molar-refractivity contribution is 0.297. The fourth-order valence-corrected chi connectivity index (χ4v) is 1.79. The molecule has 2 rings (SSSR count). The largest absolute Gasteiger partial charge is 0.488 e. The highest BCUT2D eigenvalue weighted by Gasteiger charge is 2.26. The zero-order valence-electron chi connectivity index (χ0n) is 10.3. The molecule has 3 nitrogen and oxygen atoms in total. The van der Waals surface area contributed by atoms with Crippen molar-refractivity contribution in [1.82, 2.24) is 4.98 Å². The van der Waals surface area contributed by atoms with Crippen molar-refractivity contribution in [2.24, 2.45) is 5.73 Å². The summed E-state index contributed by atoms with van der Waals surface area (Å²) < 4.78 is 5.84. The van der Waals surface area contributed by atoms with E-state index in [1.165, 1.54) is 5.56 Å². The Labute approximate surface area is 97.0 Å². The molecule has 0 unspecified atom stereocenters. The molecule has 88 valence electrons. The summed E-state index contributed by atoms with van der Waals surface area (Å²) in [7, 11) is 0. The Balaban J connectivity index is 2.37. The van der Waals surface area contributed by atoms with Crippen molar-refractivity contribution in [3.8, 4) is 5.75 Å². The van der Waals surface area contributed by atoms with Gasteiger partial charge in [-0.15, -0.1) is 0 Å². The fourth-order valence-electron chi connectivity index (χ4n) is 1.79. The molecule has 3 heteroatoms. The van der Waals surface area contributed by atoms with Crippen LogP contribution in [0, 0.1) is 0 Å². The Morgan fingerprint density at radius 3 is 2.56 bits per heavy atom. The zero-order valence-corrected chi connectivity index (χ0v) is 10.3. The molecular weight excluding hydrogens is 200 g/mol. The Morgan fingerprint density at radius 2 is 2.06 bits per heavy atom. The summed E-state index contributed by atoms with van der Waals surface area (Å²) in [5.41, 5.74) is 8.19. The molecule has 0 saturated heterocycles. The number of rotatable bonds is 3. The van der Waals surface area contributed by atoms with E-state index in [4.69, 9.17) is 10.5 Å². The smallest absolute Gasteiger partial charge is 0.142 e. The Morgan fingerprint density at radius 1 is 1.38 bits per heavy atom. The molecule has 1 heterocycles. The van der Waals surface area contributed by atoms with Gasteiger partial charge >= 0.3 is 0 Å². The van der Waals surface area contributed by atoms with Crippen LogP contribution in [-0.2, 0) is 12.0 Å². The van der Waals surface area contributed by atoms with Crippen molar-refractivity contribution in [3.63, 3.8) is 0 Å². The third kappa shape index (κ3) is 2.35. The standard InChI is InChI=1S/C13H20N2O/c1-13(2,3)11-7-15-8-12(10(11)6-14)16-9-4-5-9/h7-9H,4-6,14H2,1-3H3. The van der Waals surface area contributed by atoms with E-state index in [1.54, 1.807) is 6.20 Å². The number of nitrogens with zero attached hydrogens (tertiary/aromatic N) is 1. The molecule has 1 aliphatic rings. The molecule has 0 radical (unpaired) electrons. The number of nitrogens with two attached hydrogens (primary N) is 1. The summed E-state index contributed by atoms with van der Waals surface area (Å²) in [6, 6.07) is 0. The van der Waals surface area contributed by atoms with E-state index in [1.807, 2.05) is 6.20 Å². The summed E-state index contributed by atoms with van der Waals surface area (Å²) in [6.07, 6.45) is 6.40. The summed E-state index contributed by atoms with van der Waals surface area (Å²) in [4.78, 5) is 4.26. The van der Waals surface area contributed by atoms with Crippen molar-refractivity contribution < 1.29 is 4.74 Å². The molecule has 0 bridgehead atoms. The minimum Gasteiger partial charge on any atom is -0.488 e. The van der Waals surface area contributed by atoms with Gasteiger partial charge in [-0.1, -0.05) is 20.8 Å². The maximum atomic E-state index is 5.84. The van der Waals surface area contributed by atoms with Crippen LogP contribution in [0.1, 0.15) is 44.7 Å². The van der Waals surface area contributed by atoms with Gasteiger partial charge in [0.15, 0.2) is 0 Å². The van der Waals surface area contributed by atoms with Crippen LogP contribution in [0.2, 0.25) is 0 Å². The molecule has 0 amide bonds. The molecule has 0 aliphatic heterocycles. The normalized spacial score (nSPS) is 16.2. The predicted molar refractivity (Wildman–Crippen MR) is 64.5 cm³/mol. The summed E-state index contributed by atoms with van der Waals surface area (Å²) >= 11 is 0. The van der Waals surface area contributed by atoms with E-state index in [9.17, 15) is 0 Å². The van der Waals surface area contributed by atoms with Crippen LogP contribution < -0.4 is 10.5 Å². The molecule has 1 fully saturated rings. The Bertz CT molecular complexity index is 378. The second kappa shape index (κ2) is 4.06. The van der Waals surface area contributed by atoms with Crippen LogP contribution in [0.3, 0.4) is 0 Å². The minimum absolute atomic E-state index is 0.0601. The maximum Gasteiger partial charge on any atom is 0.142 e. The summed E-state index contributed by atoms with van der Waals surface area (Å²) in [5.74, 6) is 0.873. The molecule has 16 heavy (non-hydrogen) atoms. The predicted octanol–water partition coefficient (Wildman–Crippen LogP) is 2.38. The number of aromatic nitrogens is 1. The number of hydrogen-bond acceptors (Lipinski definition) is 3. The molecule has 0 spiro atoms. The third-order valence-electron chi connectivity index (χ3n) is 2.85. The highest BCUT2D eigenvalue weighted by Crippen LogP contribution is 2.34. The number of hydrogen-bond donors (Lipinski definition) is 1. The van der Waals surface area contributed by atoms with Crippen molar-refractivity contribution in [2.45, 2.75) is 51.7 Å². The van der Waals surface area contributed by atoms with E-state index < -0.39 is 0 Å². The summed E-state index contributed by atoms with van der Waals surface area (Å²) in [5, 5.41) is 0. The van der Waals surface area contributed by atoms with Crippen LogP contribution in [0.4, 0.5) is 0 Å². The quantitative estimate of drug-likeness (QED) is 0.850. The highest BCUT2D eigenvalue weighted by molar-refractivity contribution is 5.40. The second-order valence-electron chi connectivity index (χ2n) is 5.44. The maximum absolute atomic E-state index is 5.84. The van der Waals surface area contributed by atoms with Gasteiger partial charge in [-0.25, -0.2) is 0 Å². The summed E-state index contributed by atoms with van der Waals surface area (Å²) in [6.45, 7) is 7.02. The molecule has 1 saturated carbocycles. The first-order chi connectivity index (χ1) is 7.52. The number of pyridine rings is 1. The van der Waals surface area contributed by atoms with E-state index in [0.717, 1.165) is 24.2 Å². The topological polar surface area (TPSA) is 48.1 Å². The van der Waals surface area contributed by atoms with E-state index in [0.29, 0.717) is 12.6 Å². The molecule has 1 aromatic rings.